The van der Waals surface area contributed by atoms with Gasteiger partial charge in [-0.2, -0.15) is 0 Å². The van der Waals surface area contributed by atoms with Crippen LogP contribution >= 0.6 is 11.3 Å². The molecule has 0 bridgehead atoms. The Hall–Kier alpha value is -1.18. The topological polar surface area (TPSA) is 72.2 Å². The highest BCUT2D eigenvalue weighted by Gasteiger charge is 2.16. The van der Waals surface area contributed by atoms with Crippen LogP contribution in [0.5, 0.6) is 0 Å². The minimum absolute atomic E-state index is 0.0626. The van der Waals surface area contributed by atoms with Crippen LogP contribution in [0.4, 0.5) is 0 Å². The monoisotopic (exact) mass is 272 g/mol. The summed E-state index contributed by atoms with van der Waals surface area (Å²) in [7, 11) is -3.46. The van der Waals surface area contributed by atoms with Gasteiger partial charge in [-0.25, -0.2) is 18.1 Å². The van der Waals surface area contributed by atoms with E-state index in [9.17, 15) is 8.42 Å². The van der Waals surface area contributed by atoms with E-state index in [0.717, 1.165) is 4.88 Å². The van der Waals surface area contributed by atoms with Gasteiger partial charge in [0, 0.05) is 4.88 Å². The smallest absolute Gasteiger partial charge is 0.250 e. The highest BCUT2D eigenvalue weighted by Crippen LogP contribution is 2.20. The van der Waals surface area contributed by atoms with Crippen LogP contribution in [0.3, 0.4) is 0 Å². The van der Waals surface area contributed by atoms with Crippen LogP contribution in [-0.2, 0) is 16.6 Å². The van der Waals surface area contributed by atoms with E-state index < -0.39 is 10.0 Å². The van der Waals surface area contributed by atoms with Gasteiger partial charge in [-0.1, -0.05) is 0 Å². The first kappa shape index (κ1) is 12.3. The molecule has 2 aromatic rings. The number of nitrogens with one attached hydrogen (secondary N) is 1. The lowest BCUT2D eigenvalue weighted by Crippen LogP contribution is -2.22. The maximum atomic E-state index is 11.9. The van der Waals surface area contributed by atoms with Gasteiger partial charge in [0.25, 0.3) is 10.0 Å². The lowest BCUT2D eigenvalue weighted by atomic mass is 10.5. The third-order valence-corrected chi connectivity index (χ3v) is 4.96. The molecule has 0 saturated carbocycles. The van der Waals surface area contributed by atoms with Crippen LogP contribution in [0.2, 0.25) is 0 Å². The van der Waals surface area contributed by atoms with Gasteiger partial charge in [-0.3, -0.25) is 0 Å². The number of hydrogen-bond acceptors (Lipinski definition) is 5. The quantitative estimate of drug-likeness (QED) is 0.921. The molecular formula is C10H12N2O3S2. The Balaban J connectivity index is 2.08. The van der Waals surface area contributed by atoms with Crippen LogP contribution in [0.25, 0.3) is 0 Å². The normalized spacial score (nSPS) is 11.9. The predicted octanol–water partition coefficient (Wildman–Crippen LogP) is 1.83. The Morgan fingerprint density at radius 2 is 2.18 bits per heavy atom. The van der Waals surface area contributed by atoms with E-state index >= 15 is 0 Å². The maximum Gasteiger partial charge on any atom is 0.250 e. The van der Waals surface area contributed by atoms with Crippen molar-refractivity contribution in [2.75, 3.05) is 0 Å². The van der Waals surface area contributed by atoms with Crippen LogP contribution < -0.4 is 4.72 Å². The number of oxazole rings is 1. The molecule has 0 aliphatic heterocycles. The minimum Gasteiger partial charge on any atom is -0.445 e. The predicted molar refractivity (Wildman–Crippen MR) is 64.3 cm³/mol. The zero-order valence-corrected chi connectivity index (χ0v) is 11.1. The van der Waals surface area contributed by atoms with E-state index in [0.29, 0.717) is 15.9 Å². The molecule has 2 heterocycles. The fourth-order valence-corrected chi connectivity index (χ4v) is 3.57. The third kappa shape index (κ3) is 2.93. The molecule has 7 heteroatoms. The van der Waals surface area contributed by atoms with E-state index in [2.05, 4.69) is 9.71 Å². The molecule has 0 radical (unpaired) electrons. The first-order valence-corrected chi connectivity index (χ1v) is 7.25. The molecular weight excluding hydrogens is 260 g/mol. The Morgan fingerprint density at radius 1 is 1.41 bits per heavy atom. The second-order valence-electron chi connectivity index (χ2n) is 3.55. The number of nitrogens with zero attached hydrogens (tertiary/aromatic N) is 1. The summed E-state index contributed by atoms with van der Waals surface area (Å²) in [6.45, 7) is 3.68. The van der Waals surface area contributed by atoms with Crippen molar-refractivity contribution in [1.82, 2.24) is 9.71 Å². The van der Waals surface area contributed by atoms with E-state index in [1.807, 2.05) is 6.92 Å². The molecule has 2 aromatic heterocycles. The van der Waals surface area contributed by atoms with E-state index in [4.69, 9.17) is 4.42 Å². The number of aromatic nitrogens is 1. The van der Waals surface area contributed by atoms with Crippen LogP contribution in [0, 0.1) is 13.8 Å². The fraction of sp³-hybridized carbons (Fsp3) is 0.300. The van der Waals surface area contributed by atoms with E-state index in [1.54, 1.807) is 25.3 Å². The van der Waals surface area contributed by atoms with Crippen molar-refractivity contribution in [2.24, 2.45) is 0 Å². The van der Waals surface area contributed by atoms with Gasteiger partial charge in [0.2, 0.25) is 5.89 Å². The third-order valence-electron chi connectivity index (χ3n) is 2.06. The van der Waals surface area contributed by atoms with Gasteiger partial charge in [0.1, 0.15) is 9.97 Å². The van der Waals surface area contributed by atoms with Gasteiger partial charge in [0.15, 0.2) is 0 Å². The molecule has 0 unspecified atom stereocenters. The Bertz CT molecular complexity index is 613. The molecule has 0 spiro atoms. The van der Waals surface area contributed by atoms with Crippen molar-refractivity contribution in [3.05, 3.63) is 34.9 Å². The van der Waals surface area contributed by atoms with Crippen molar-refractivity contribution in [3.63, 3.8) is 0 Å². The number of rotatable bonds is 4. The van der Waals surface area contributed by atoms with Crippen molar-refractivity contribution in [1.29, 1.82) is 0 Å². The largest absolute Gasteiger partial charge is 0.445 e. The zero-order valence-electron chi connectivity index (χ0n) is 9.43. The van der Waals surface area contributed by atoms with Crippen molar-refractivity contribution in [2.45, 2.75) is 24.6 Å². The van der Waals surface area contributed by atoms with Gasteiger partial charge < -0.3 is 4.42 Å². The second-order valence-corrected chi connectivity index (χ2v) is 6.84. The maximum absolute atomic E-state index is 11.9. The summed E-state index contributed by atoms with van der Waals surface area (Å²) in [4.78, 5) is 4.88. The van der Waals surface area contributed by atoms with Gasteiger partial charge in [-0.15, -0.1) is 11.3 Å². The summed E-state index contributed by atoms with van der Waals surface area (Å²) in [5.41, 5.74) is 0. The van der Waals surface area contributed by atoms with Crippen LogP contribution in [0.15, 0.2) is 27.0 Å². The lowest BCUT2D eigenvalue weighted by molar-refractivity contribution is 0.463. The SMILES string of the molecule is Cc1cnc(CNS(=O)(=O)c2ccc(C)s2)o1. The molecule has 92 valence electrons. The summed E-state index contributed by atoms with van der Waals surface area (Å²) in [6, 6.07) is 3.36. The highest BCUT2D eigenvalue weighted by atomic mass is 32.2. The molecule has 0 atom stereocenters. The van der Waals surface area contributed by atoms with Crippen molar-refractivity contribution < 1.29 is 12.8 Å². The second kappa shape index (κ2) is 4.59. The van der Waals surface area contributed by atoms with Crippen molar-refractivity contribution >= 4 is 21.4 Å². The van der Waals surface area contributed by atoms with Crippen LogP contribution in [-0.4, -0.2) is 13.4 Å². The molecule has 0 saturated heterocycles. The standard InChI is InChI=1S/C10H12N2O3S2/c1-7-5-11-9(15-7)6-12-17(13,14)10-4-3-8(2)16-10/h3-5,12H,6H2,1-2H3. The summed E-state index contributed by atoms with van der Waals surface area (Å²) >= 11 is 1.23. The number of thiophene rings is 1. The van der Waals surface area contributed by atoms with Gasteiger partial charge in [0.05, 0.1) is 12.7 Å². The summed E-state index contributed by atoms with van der Waals surface area (Å²) in [5, 5.41) is 0. The number of aryl methyl sites for hydroxylation is 2. The van der Waals surface area contributed by atoms with Gasteiger partial charge in [-0.05, 0) is 26.0 Å². The van der Waals surface area contributed by atoms with Crippen LogP contribution in [0.1, 0.15) is 16.5 Å². The number of hydrogen-bond donors (Lipinski definition) is 1. The van der Waals surface area contributed by atoms with Crippen molar-refractivity contribution in [3.8, 4) is 0 Å². The highest BCUT2D eigenvalue weighted by molar-refractivity contribution is 7.91. The molecule has 0 aromatic carbocycles. The van der Waals surface area contributed by atoms with E-state index in [-0.39, 0.29) is 6.54 Å². The summed E-state index contributed by atoms with van der Waals surface area (Å²) < 4.78 is 31.6. The molecule has 0 amide bonds. The Morgan fingerprint density at radius 3 is 2.71 bits per heavy atom. The Kier molecular flexibility index (Phi) is 3.32. The van der Waals surface area contributed by atoms with E-state index in [1.165, 1.54) is 11.3 Å². The average Bonchev–Trinajstić information content (AvgIpc) is 2.85. The van der Waals surface area contributed by atoms with Gasteiger partial charge >= 0.3 is 0 Å². The average molecular weight is 272 g/mol. The molecule has 0 fully saturated rings. The first-order chi connectivity index (χ1) is 7.97. The number of sulfonamides is 1. The zero-order chi connectivity index (χ0) is 12.5. The first-order valence-electron chi connectivity index (χ1n) is 4.95. The molecule has 2 rings (SSSR count). The Labute approximate surface area is 104 Å². The summed E-state index contributed by atoms with van der Waals surface area (Å²) in [5.74, 6) is 1.02. The molecule has 1 N–H and O–H groups in total. The fourth-order valence-electron chi connectivity index (χ4n) is 1.27. The molecule has 0 aliphatic carbocycles. The molecule has 5 nitrogen and oxygen atoms in total. The molecule has 0 aliphatic rings. The summed E-state index contributed by atoms with van der Waals surface area (Å²) in [6.07, 6.45) is 1.55. The minimum atomic E-state index is -3.46. The lowest BCUT2D eigenvalue weighted by Gasteiger charge is -2.01. The molecule has 17 heavy (non-hydrogen) atoms.